The summed E-state index contributed by atoms with van der Waals surface area (Å²) >= 11 is 0. The number of rotatable bonds is 0. The van der Waals surface area contributed by atoms with Crippen LogP contribution in [0.2, 0.25) is 0 Å². The summed E-state index contributed by atoms with van der Waals surface area (Å²) in [6, 6.07) is 0.838. The lowest BCUT2D eigenvalue weighted by Crippen LogP contribution is -2.62. The molecule has 2 nitrogen and oxygen atoms in total. The Kier molecular flexibility index (Phi) is 1.88. The van der Waals surface area contributed by atoms with Crippen LogP contribution in [0.15, 0.2) is 0 Å². The largest absolute Gasteiger partial charge is 0.316 e. The van der Waals surface area contributed by atoms with Crippen LogP contribution in [0.4, 0.5) is 0 Å². The molecule has 2 N–H and O–H groups in total. The molecule has 0 aromatic rings. The first-order valence-electron chi connectivity index (χ1n) is 5.83. The smallest absolute Gasteiger partial charge is 0.0136 e. The predicted molar refractivity (Wildman–Crippen MR) is 53.7 cm³/mol. The van der Waals surface area contributed by atoms with Crippen molar-refractivity contribution in [3.8, 4) is 0 Å². The van der Waals surface area contributed by atoms with Crippen LogP contribution in [0.5, 0.6) is 0 Å². The van der Waals surface area contributed by atoms with Crippen molar-refractivity contribution in [2.24, 2.45) is 11.3 Å². The Balaban J connectivity index is 1.85. The lowest BCUT2D eigenvalue weighted by atomic mass is 9.62. The van der Waals surface area contributed by atoms with E-state index in [1.807, 2.05) is 0 Å². The van der Waals surface area contributed by atoms with Gasteiger partial charge in [0.1, 0.15) is 0 Å². The molecule has 74 valence electrons. The molecular weight excluding hydrogens is 160 g/mol. The average Bonchev–Trinajstić information content (AvgIpc) is 2.17. The van der Waals surface area contributed by atoms with E-state index in [0.29, 0.717) is 5.41 Å². The lowest BCUT2D eigenvalue weighted by Gasteiger charge is -2.53. The van der Waals surface area contributed by atoms with Crippen molar-refractivity contribution in [3.05, 3.63) is 0 Å². The predicted octanol–water partition coefficient (Wildman–Crippen LogP) is 1.13. The standard InChI is InChI=1S/C11H20N2/c1-2-4-11-5-9(6-12-8-11)7-13-10(11)3-1/h9-10,12-13H,1-8H2. The molecule has 3 unspecified atom stereocenters. The van der Waals surface area contributed by atoms with Gasteiger partial charge in [-0.2, -0.15) is 0 Å². The Morgan fingerprint density at radius 2 is 2.15 bits per heavy atom. The van der Waals surface area contributed by atoms with Gasteiger partial charge in [0.25, 0.3) is 0 Å². The zero-order valence-electron chi connectivity index (χ0n) is 8.31. The van der Waals surface area contributed by atoms with E-state index in [1.165, 1.54) is 51.7 Å². The molecule has 0 aromatic carbocycles. The first kappa shape index (κ1) is 8.25. The van der Waals surface area contributed by atoms with Crippen molar-refractivity contribution in [1.82, 2.24) is 10.6 Å². The lowest BCUT2D eigenvalue weighted by molar-refractivity contribution is 0.0254. The van der Waals surface area contributed by atoms with Crippen molar-refractivity contribution >= 4 is 0 Å². The van der Waals surface area contributed by atoms with Crippen molar-refractivity contribution in [2.75, 3.05) is 19.6 Å². The molecule has 3 aliphatic rings. The van der Waals surface area contributed by atoms with E-state index in [1.54, 1.807) is 0 Å². The molecule has 0 amide bonds. The van der Waals surface area contributed by atoms with Crippen molar-refractivity contribution < 1.29 is 0 Å². The molecule has 3 rings (SSSR count). The monoisotopic (exact) mass is 180 g/mol. The minimum absolute atomic E-state index is 0.652. The summed E-state index contributed by atoms with van der Waals surface area (Å²) in [5, 5.41) is 7.41. The van der Waals surface area contributed by atoms with Crippen LogP contribution in [0.1, 0.15) is 32.1 Å². The number of hydrogen-bond donors (Lipinski definition) is 2. The minimum atomic E-state index is 0.652. The summed E-state index contributed by atoms with van der Waals surface area (Å²) < 4.78 is 0. The Morgan fingerprint density at radius 3 is 3.15 bits per heavy atom. The quantitative estimate of drug-likeness (QED) is 0.584. The van der Waals surface area contributed by atoms with E-state index in [-0.39, 0.29) is 0 Å². The maximum atomic E-state index is 3.77. The fourth-order valence-corrected chi connectivity index (χ4v) is 3.78. The molecule has 13 heavy (non-hydrogen) atoms. The maximum Gasteiger partial charge on any atom is 0.0136 e. The first-order valence-corrected chi connectivity index (χ1v) is 5.83. The van der Waals surface area contributed by atoms with Gasteiger partial charge in [-0.05, 0) is 43.7 Å². The van der Waals surface area contributed by atoms with E-state index < -0.39 is 0 Å². The van der Waals surface area contributed by atoms with Crippen LogP contribution in [0.3, 0.4) is 0 Å². The molecule has 0 radical (unpaired) electrons. The summed E-state index contributed by atoms with van der Waals surface area (Å²) in [4.78, 5) is 0. The number of hydrogen-bond acceptors (Lipinski definition) is 2. The molecule has 0 aromatic heterocycles. The molecule has 2 heteroatoms. The van der Waals surface area contributed by atoms with Crippen molar-refractivity contribution in [2.45, 2.75) is 38.1 Å². The Labute approximate surface area is 80.5 Å². The highest BCUT2D eigenvalue weighted by Gasteiger charge is 2.46. The third kappa shape index (κ3) is 1.23. The summed E-state index contributed by atoms with van der Waals surface area (Å²) in [6.07, 6.45) is 7.30. The third-order valence-electron chi connectivity index (χ3n) is 4.41. The highest BCUT2D eigenvalue weighted by molar-refractivity contribution is 5.03. The molecule has 2 aliphatic heterocycles. The maximum absolute atomic E-state index is 3.77. The molecule has 2 bridgehead atoms. The number of nitrogens with one attached hydrogen (secondary N) is 2. The molecule has 2 saturated heterocycles. The highest BCUT2D eigenvalue weighted by Crippen LogP contribution is 2.45. The summed E-state index contributed by atoms with van der Waals surface area (Å²) in [5.41, 5.74) is 0.652. The van der Waals surface area contributed by atoms with Crippen LogP contribution >= 0.6 is 0 Å². The van der Waals surface area contributed by atoms with Gasteiger partial charge in [-0.15, -0.1) is 0 Å². The van der Waals surface area contributed by atoms with Crippen molar-refractivity contribution in [3.63, 3.8) is 0 Å². The topological polar surface area (TPSA) is 24.1 Å². The molecule has 1 aliphatic carbocycles. The Bertz CT molecular complexity index is 200. The zero-order valence-corrected chi connectivity index (χ0v) is 8.31. The van der Waals surface area contributed by atoms with E-state index >= 15 is 0 Å². The van der Waals surface area contributed by atoms with Gasteiger partial charge in [-0.3, -0.25) is 0 Å². The molecular formula is C11H20N2. The van der Waals surface area contributed by atoms with Crippen LogP contribution < -0.4 is 10.6 Å². The van der Waals surface area contributed by atoms with Gasteiger partial charge in [0, 0.05) is 12.6 Å². The SMILES string of the molecule is C1CCC23CNCC(CNC2C1)C3. The second-order valence-corrected chi connectivity index (χ2v) is 5.27. The molecule has 3 atom stereocenters. The normalized spacial score (nSPS) is 49.8. The Morgan fingerprint density at radius 1 is 1.15 bits per heavy atom. The van der Waals surface area contributed by atoms with Gasteiger partial charge in [0.05, 0.1) is 0 Å². The molecule has 3 fully saturated rings. The van der Waals surface area contributed by atoms with Gasteiger partial charge < -0.3 is 10.6 Å². The third-order valence-corrected chi connectivity index (χ3v) is 4.41. The van der Waals surface area contributed by atoms with Crippen LogP contribution in [-0.4, -0.2) is 25.7 Å². The first-order chi connectivity index (χ1) is 6.39. The van der Waals surface area contributed by atoms with Gasteiger partial charge in [-0.1, -0.05) is 12.8 Å². The summed E-state index contributed by atoms with van der Waals surface area (Å²) in [7, 11) is 0. The van der Waals surface area contributed by atoms with Gasteiger partial charge in [0.2, 0.25) is 0 Å². The van der Waals surface area contributed by atoms with E-state index in [2.05, 4.69) is 10.6 Å². The molecule has 1 spiro atoms. The van der Waals surface area contributed by atoms with E-state index in [4.69, 9.17) is 0 Å². The molecule has 2 heterocycles. The number of fused-ring (bicyclic) bond motifs is 1. The summed E-state index contributed by atoms with van der Waals surface area (Å²) in [5.74, 6) is 0.920. The van der Waals surface area contributed by atoms with E-state index in [0.717, 1.165) is 12.0 Å². The molecule has 1 saturated carbocycles. The Hall–Kier alpha value is -0.0800. The highest BCUT2D eigenvalue weighted by atomic mass is 15.0. The number of piperidine rings is 2. The van der Waals surface area contributed by atoms with Crippen LogP contribution in [0, 0.1) is 11.3 Å². The second kappa shape index (κ2) is 2.96. The average molecular weight is 180 g/mol. The zero-order chi connectivity index (χ0) is 8.73. The van der Waals surface area contributed by atoms with Gasteiger partial charge >= 0.3 is 0 Å². The van der Waals surface area contributed by atoms with Crippen molar-refractivity contribution in [1.29, 1.82) is 0 Å². The fraction of sp³-hybridized carbons (Fsp3) is 1.00. The van der Waals surface area contributed by atoms with Gasteiger partial charge in [0.15, 0.2) is 0 Å². The van der Waals surface area contributed by atoms with Gasteiger partial charge in [-0.25, -0.2) is 0 Å². The fourth-order valence-electron chi connectivity index (χ4n) is 3.78. The summed E-state index contributed by atoms with van der Waals surface area (Å²) in [6.45, 7) is 3.79. The van der Waals surface area contributed by atoms with Crippen LogP contribution in [0.25, 0.3) is 0 Å². The van der Waals surface area contributed by atoms with E-state index in [9.17, 15) is 0 Å². The minimum Gasteiger partial charge on any atom is -0.316 e. The second-order valence-electron chi connectivity index (χ2n) is 5.27. The van der Waals surface area contributed by atoms with Crippen LogP contribution in [-0.2, 0) is 0 Å².